The Labute approximate surface area is 89.2 Å². The van der Waals surface area contributed by atoms with Gasteiger partial charge in [-0.1, -0.05) is 18.2 Å². The van der Waals surface area contributed by atoms with Crippen molar-refractivity contribution in [2.75, 3.05) is 19.8 Å². The molecule has 0 radical (unpaired) electrons. The highest BCUT2D eigenvalue weighted by molar-refractivity contribution is 7.90. The highest BCUT2D eigenvalue weighted by atomic mass is 32.2. The van der Waals surface area contributed by atoms with E-state index in [0.717, 1.165) is 6.26 Å². The van der Waals surface area contributed by atoms with Crippen LogP contribution in [0.4, 0.5) is 0 Å². The molecular formula is C10H13NO3S. The van der Waals surface area contributed by atoms with Gasteiger partial charge in [0.1, 0.15) is 0 Å². The second kappa shape index (κ2) is 4.55. The van der Waals surface area contributed by atoms with E-state index in [2.05, 4.69) is 5.32 Å². The summed E-state index contributed by atoms with van der Waals surface area (Å²) in [5.41, 5.74) is 0.245. The number of sulfone groups is 1. The lowest BCUT2D eigenvalue weighted by molar-refractivity contribution is 0.0990. The molecule has 0 amide bonds. The highest BCUT2D eigenvalue weighted by Gasteiger charge is 2.16. The highest BCUT2D eigenvalue weighted by Crippen LogP contribution is 2.15. The molecule has 1 rings (SSSR count). The predicted molar refractivity (Wildman–Crippen MR) is 57.8 cm³/mol. The molecule has 1 N–H and O–H groups in total. The van der Waals surface area contributed by atoms with Crippen LogP contribution in [0.1, 0.15) is 10.4 Å². The Balaban J connectivity index is 3.25. The van der Waals surface area contributed by atoms with Gasteiger partial charge in [-0.25, -0.2) is 8.42 Å². The van der Waals surface area contributed by atoms with Crippen LogP contribution in [0, 0.1) is 0 Å². The van der Waals surface area contributed by atoms with Crippen LogP contribution in [0.2, 0.25) is 0 Å². The molecule has 4 nitrogen and oxygen atoms in total. The van der Waals surface area contributed by atoms with Crippen molar-refractivity contribution in [1.29, 1.82) is 0 Å². The third kappa shape index (κ3) is 2.87. The molecule has 5 heteroatoms. The van der Waals surface area contributed by atoms with Crippen LogP contribution in [0.3, 0.4) is 0 Å². The topological polar surface area (TPSA) is 63.2 Å². The molecule has 82 valence electrons. The zero-order valence-corrected chi connectivity index (χ0v) is 9.47. The zero-order chi connectivity index (χ0) is 11.5. The number of likely N-dealkylation sites (N-methyl/N-ethyl adjacent to an activating group) is 1. The fourth-order valence-electron chi connectivity index (χ4n) is 1.28. The molecule has 15 heavy (non-hydrogen) atoms. The lowest BCUT2D eigenvalue weighted by Crippen LogP contribution is -2.20. The van der Waals surface area contributed by atoms with Gasteiger partial charge in [0.25, 0.3) is 0 Å². The first kappa shape index (κ1) is 11.9. The van der Waals surface area contributed by atoms with Crippen molar-refractivity contribution >= 4 is 15.6 Å². The molecule has 0 atom stereocenters. The molecule has 0 fully saturated rings. The third-order valence-corrected chi connectivity index (χ3v) is 3.08. The summed E-state index contributed by atoms with van der Waals surface area (Å²) in [7, 11) is -1.71. The number of ketones is 1. The minimum atomic E-state index is -3.35. The number of hydrogen-bond acceptors (Lipinski definition) is 4. The number of carbonyl (C=O) groups is 1. The monoisotopic (exact) mass is 227 g/mol. The van der Waals surface area contributed by atoms with Gasteiger partial charge >= 0.3 is 0 Å². The molecule has 0 aliphatic rings. The molecule has 1 aromatic carbocycles. The van der Waals surface area contributed by atoms with E-state index in [4.69, 9.17) is 0 Å². The van der Waals surface area contributed by atoms with Gasteiger partial charge in [0.15, 0.2) is 15.6 Å². The fourth-order valence-corrected chi connectivity index (χ4v) is 2.18. The Kier molecular flexibility index (Phi) is 3.60. The summed E-state index contributed by atoms with van der Waals surface area (Å²) >= 11 is 0. The number of rotatable bonds is 4. The summed E-state index contributed by atoms with van der Waals surface area (Å²) in [6.07, 6.45) is 1.10. The van der Waals surface area contributed by atoms with Gasteiger partial charge in [-0.15, -0.1) is 0 Å². The maximum Gasteiger partial charge on any atom is 0.177 e. The SMILES string of the molecule is CNCC(=O)c1ccccc1S(C)(=O)=O. The molecule has 0 heterocycles. The molecule has 1 aromatic rings. The van der Waals surface area contributed by atoms with Crippen LogP contribution < -0.4 is 5.32 Å². The van der Waals surface area contributed by atoms with E-state index in [0.29, 0.717) is 0 Å². The summed E-state index contributed by atoms with van der Waals surface area (Å²) in [5.74, 6) is -0.224. The van der Waals surface area contributed by atoms with Gasteiger partial charge in [-0.2, -0.15) is 0 Å². The lowest BCUT2D eigenvalue weighted by atomic mass is 10.1. The zero-order valence-electron chi connectivity index (χ0n) is 8.65. The molecule has 0 spiro atoms. The van der Waals surface area contributed by atoms with Crippen LogP contribution in [-0.2, 0) is 9.84 Å². The van der Waals surface area contributed by atoms with E-state index in [1.165, 1.54) is 12.1 Å². The Morgan fingerprint density at radius 3 is 2.47 bits per heavy atom. The minimum absolute atomic E-state index is 0.0882. The van der Waals surface area contributed by atoms with E-state index in [1.807, 2.05) is 0 Å². The van der Waals surface area contributed by atoms with Gasteiger partial charge in [0, 0.05) is 11.8 Å². The van der Waals surface area contributed by atoms with Crippen molar-refractivity contribution in [3.05, 3.63) is 29.8 Å². The molecule has 0 aliphatic carbocycles. The lowest BCUT2D eigenvalue weighted by Gasteiger charge is -2.05. The molecule has 0 aromatic heterocycles. The van der Waals surface area contributed by atoms with Crippen molar-refractivity contribution < 1.29 is 13.2 Å². The second-order valence-electron chi connectivity index (χ2n) is 3.22. The standard InChI is InChI=1S/C10H13NO3S/c1-11-7-9(12)8-5-3-4-6-10(8)15(2,13)14/h3-6,11H,7H2,1-2H3. The molecule has 0 unspecified atom stereocenters. The molecule has 0 aliphatic heterocycles. The van der Waals surface area contributed by atoms with Crippen LogP contribution in [0.5, 0.6) is 0 Å². The number of Topliss-reactive ketones (excluding diaryl/α,β-unsaturated/α-hetero) is 1. The van der Waals surface area contributed by atoms with Crippen molar-refractivity contribution in [2.24, 2.45) is 0 Å². The van der Waals surface area contributed by atoms with Crippen LogP contribution >= 0.6 is 0 Å². The van der Waals surface area contributed by atoms with Gasteiger partial charge in [0.2, 0.25) is 0 Å². The molecule has 0 saturated carbocycles. The average molecular weight is 227 g/mol. The third-order valence-electron chi connectivity index (χ3n) is 1.92. The van der Waals surface area contributed by atoms with E-state index in [-0.39, 0.29) is 22.8 Å². The van der Waals surface area contributed by atoms with Crippen molar-refractivity contribution in [2.45, 2.75) is 4.90 Å². The smallest absolute Gasteiger partial charge is 0.177 e. The number of benzene rings is 1. The van der Waals surface area contributed by atoms with Gasteiger partial charge < -0.3 is 5.32 Å². The number of carbonyl (C=O) groups excluding carboxylic acids is 1. The molecular weight excluding hydrogens is 214 g/mol. The van der Waals surface area contributed by atoms with Gasteiger partial charge in [-0.3, -0.25) is 4.79 Å². The summed E-state index contributed by atoms with van der Waals surface area (Å²) < 4.78 is 22.8. The second-order valence-corrected chi connectivity index (χ2v) is 5.21. The quantitative estimate of drug-likeness (QED) is 0.760. The summed E-state index contributed by atoms with van der Waals surface area (Å²) in [5, 5.41) is 2.70. The maximum atomic E-state index is 11.6. The maximum absolute atomic E-state index is 11.6. The van der Waals surface area contributed by atoms with Crippen molar-refractivity contribution in [1.82, 2.24) is 5.32 Å². The molecule has 0 saturated heterocycles. The predicted octanol–water partition coefficient (Wildman–Crippen LogP) is 0.492. The fraction of sp³-hybridized carbons (Fsp3) is 0.300. The first-order chi connectivity index (χ1) is 6.96. The van der Waals surface area contributed by atoms with Crippen molar-refractivity contribution in [3.8, 4) is 0 Å². The largest absolute Gasteiger partial charge is 0.313 e. The normalized spacial score (nSPS) is 11.3. The Morgan fingerprint density at radius 2 is 1.93 bits per heavy atom. The van der Waals surface area contributed by atoms with E-state index in [9.17, 15) is 13.2 Å². The summed E-state index contributed by atoms with van der Waals surface area (Å²) in [6.45, 7) is 0.131. The Bertz CT molecular complexity index is 465. The first-order valence-electron chi connectivity index (χ1n) is 4.43. The first-order valence-corrected chi connectivity index (χ1v) is 6.33. The van der Waals surface area contributed by atoms with E-state index < -0.39 is 9.84 Å². The Morgan fingerprint density at radius 1 is 1.33 bits per heavy atom. The number of hydrogen-bond donors (Lipinski definition) is 1. The summed E-state index contributed by atoms with van der Waals surface area (Å²) in [4.78, 5) is 11.7. The Hall–Kier alpha value is -1.20. The minimum Gasteiger partial charge on any atom is -0.313 e. The van der Waals surface area contributed by atoms with E-state index >= 15 is 0 Å². The van der Waals surface area contributed by atoms with Crippen LogP contribution in [0.25, 0.3) is 0 Å². The van der Waals surface area contributed by atoms with Crippen LogP contribution in [0.15, 0.2) is 29.2 Å². The number of nitrogens with one attached hydrogen (secondary N) is 1. The van der Waals surface area contributed by atoms with Crippen molar-refractivity contribution in [3.63, 3.8) is 0 Å². The average Bonchev–Trinajstić information content (AvgIpc) is 2.17. The van der Waals surface area contributed by atoms with E-state index in [1.54, 1.807) is 19.2 Å². The van der Waals surface area contributed by atoms with Crippen LogP contribution in [-0.4, -0.2) is 34.0 Å². The van der Waals surface area contributed by atoms with Gasteiger partial charge in [0.05, 0.1) is 11.4 Å². The summed E-state index contributed by atoms with van der Waals surface area (Å²) in [6, 6.07) is 6.22. The molecule has 0 bridgehead atoms. The van der Waals surface area contributed by atoms with Gasteiger partial charge in [-0.05, 0) is 13.1 Å².